The predicted molar refractivity (Wildman–Crippen MR) is 116 cm³/mol. The summed E-state index contributed by atoms with van der Waals surface area (Å²) in [5.41, 5.74) is 2.21. The van der Waals surface area contributed by atoms with Crippen LogP contribution in [0.15, 0.2) is 65.8 Å². The van der Waals surface area contributed by atoms with Crippen LogP contribution in [0.1, 0.15) is 41.5 Å². The molecule has 1 fully saturated rings. The number of rotatable bonds is 6. The summed E-state index contributed by atoms with van der Waals surface area (Å²) in [6, 6.07) is 20.3. The van der Waals surface area contributed by atoms with E-state index in [-0.39, 0.29) is 11.2 Å². The third kappa shape index (κ3) is 4.70. The van der Waals surface area contributed by atoms with Gasteiger partial charge in [-0.3, -0.25) is 4.79 Å². The summed E-state index contributed by atoms with van der Waals surface area (Å²) in [5, 5.41) is 9.28. The Morgan fingerprint density at radius 3 is 2.31 bits per heavy atom. The van der Waals surface area contributed by atoms with Crippen molar-refractivity contribution in [3.63, 3.8) is 0 Å². The normalized spacial score (nSPS) is 15.3. The molecule has 2 aromatic carbocycles. The molecule has 0 bridgehead atoms. The molecule has 1 aromatic heterocycles. The van der Waals surface area contributed by atoms with E-state index in [2.05, 4.69) is 22.3 Å². The number of carbonyl (C=O) groups excluding carboxylic acids is 1. The topological polar surface area (TPSA) is 51.0 Å². The summed E-state index contributed by atoms with van der Waals surface area (Å²) >= 11 is 1.50. The van der Waals surface area contributed by atoms with Crippen LogP contribution in [0.4, 0.5) is 0 Å². The Morgan fingerprint density at radius 2 is 1.62 bits per heavy atom. The molecule has 4 rings (SSSR count). The average Bonchev–Trinajstić information content (AvgIpc) is 3.12. The lowest BCUT2D eigenvalue weighted by Crippen LogP contribution is -2.38. The fourth-order valence-corrected chi connectivity index (χ4v) is 4.76. The Labute approximate surface area is 176 Å². The van der Waals surface area contributed by atoms with Gasteiger partial charge in [0.1, 0.15) is 11.1 Å². The lowest BCUT2D eigenvalue weighted by molar-refractivity contribution is -0.131. The zero-order valence-corrected chi connectivity index (χ0v) is 17.5. The van der Waals surface area contributed by atoms with Gasteiger partial charge in [0.05, 0.1) is 0 Å². The highest BCUT2D eigenvalue weighted by atomic mass is 32.2. The van der Waals surface area contributed by atoms with E-state index in [9.17, 15) is 4.79 Å². The van der Waals surface area contributed by atoms with Gasteiger partial charge in [-0.2, -0.15) is 0 Å². The Hall–Kier alpha value is -2.60. The quantitative estimate of drug-likeness (QED) is 0.574. The molecule has 1 aliphatic rings. The van der Waals surface area contributed by atoms with Crippen molar-refractivity contribution < 1.29 is 4.79 Å². The first kappa shape index (κ1) is 19.7. The van der Waals surface area contributed by atoms with Gasteiger partial charge >= 0.3 is 0 Å². The van der Waals surface area contributed by atoms with Crippen molar-refractivity contribution in [2.45, 2.75) is 36.1 Å². The van der Waals surface area contributed by atoms with Gasteiger partial charge in [-0.25, -0.2) is 0 Å². The Bertz CT molecular complexity index is 936. The Balaban J connectivity index is 1.57. The summed E-state index contributed by atoms with van der Waals surface area (Å²) in [7, 11) is 1.98. The molecule has 1 atom stereocenters. The molecule has 1 saturated heterocycles. The zero-order valence-electron chi connectivity index (χ0n) is 16.7. The molecular formula is C23H26N4OS. The zero-order chi connectivity index (χ0) is 20.1. The number of piperidine rings is 1. The number of thioether (sulfide) groups is 1. The van der Waals surface area contributed by atoms with Crippen LogP contribution in [0.2, 0.25) is 0 Å². The fourth-order valence-electron chi connectivity index (χ4n) is 3.65. The second-order valence-corrected chi connectivity index (χ2v) is 8.49. The lowest BCUT2D eigenvalue weighted by Gasteiger charge is -2.30. The molecule has 0 aliphatic carbocycles. The van der Waals surface area contributed by atoms with E-state index >= 15 is 0 Å². The second kappa shape index (κ2) is 9.27. The number of hydrogen-bond acceptors (Lipinski definition) is 4. The number of aromatic nitrogens is 3. The molecule has 1 aliphatic heterocycles. The summed E-state index contributed by atoms with van der Waals surface area (Å²) in [5.74, 6) is 1.07. The second-order valence-electron chi connectivity index (χ2n) is 7.41. The molecule has 150 valence electrons. The molecule has 2 heterocycles. The van der Waals surface area contributed by atoms with E-state index < -0.39 is 0 Å². The van der Waals surface area contributed by atoms with Crippen molar-refractivity contribution in [3.8, 4) is 0 Å². The third-order valence-electron chi connectivity index (χ3n) is 5.35. The minimum absolute atomic E-state index is 0.175. The minimum Gasteiger partial charge on any atom is -0.341 e. The van der Waals surface area contributed by atoms with E-state index in [1.165, 1.54) is 23.7 Å². The van der Waals surface area contributed by atoms with Gasteiger partial charge in [0.25, 0.3) is 0 Å². The van der Waals surface area contributed by atoms with Crippen LogP contribution >= 0.6 is 11.8 Å². The molecule has 3 aromatic rings. The third-order valence-corrected chi connectivity index (χ3v) is 6.62. The number of likely N-dealkylation sites (tertiary alicyclic amines) is 1. The standard InChI is InChI=1S/C23H26N4OS/c1-26-20(17-18-11-5-2-6-12-18)24-25-23(26)29-21(19-13-7-3-8-14-19)22(28)27-15-9-4-10-16-27/h2-3,5-8,11-14,21H,4,9-10,15-17H2,1H3. The van der Waals surface area contributed by atoms with Gasteiger partial charge in [0.15, 0.2) is 5.16 Å². The molecule has 0 saturated carbocycles. The molecule has 5 nitrogen and oxygen atoms in total. The molecule has 29 heavy (non-hydrogen) atoms. The molecule has 1 unspecified atom stereocenters. The molecule has 0 spiro atoms. The number of nitrogens with zero attached hydrogens (tertiary/aromatic N) is 4. The number of amides is 1. The fraction of sp³-hybridized carbons (Fsp3) is 0.348. The van der Waals surface area contributed by atoms with E-state index in [1.54, 1.807) is 0 Å². The van der Waals surface area contributed by atoms with Crippen molar-refractivity contribution in [1.82, 2.24) is 19.7 Å². The first-order chi connectivity index (χ1) is 14.2. The summed E-state index contributed by atoms with van der Waals surface area (Å²) in [4.78, 5) is 15.4. The summed E-state index contributed by atoms with van der Waals surface area (Å²) in [6.07, 6.45) is 4.10. The van der Waals surface area contributed by atoms with Crippen LogP contribution in [-0.4, -0.2) is 38.7 Å². The molecule has 0 N–H and O–H groups in total. The van der Waals surface area contributed by atoms with Gasteiger partial charge < -0.3 is 9.47 Å². The minimum atomic E-state index is -0.304. The van der Waals surface area contributed by atoms with E-state index in [1.807, 2.05) is 65.0 Å². The van der Waals surface area contributed by atoms with Crippen LogP contribution < -0.4 is 0 Å². The van der Waals surface area contributed by atoms with Crippen LogP contribution in [0.5, 0.6) is 0 Å². The van der Waals surface area contributed by atoms with Crippen LogP contribution in [0.3, 0.4) is 0 Å². The van der Waals surface area contributed by atoms with Crippen LogP contribution in [0, 0.1) is 0 Å². The first-order valence-corrected chi connectivity index (χ1v) is 11.0. The van der Waals surface area contributed by atoms with Gasteiger partial charge in [-0.15, -0.1) is 10.2 Å². The van der Waals surface area contributed by atoms with Gasteiger partial charge in [0.2, 0.25) is 5.91 Å². The van der Waals surface area contributed by atoms with E-state index in [0.717, 1.165) is 48.9 Å². The maximum atomic E-state index is 13.4. The maximum Gasteiger partial charge on any atom is 0.240 e. The van der Waals surface area contributed by atoms with Crippen LogP contribution in [0.25, 0.3) is 0 Å². The van der Waals surface area contributed by atoms with Crippen molar-refractivity contribution in [2.75, 3.05) is 13.1 Å². The number of hydrogen-bond donors (Lipinski definition) is 0. The first-order valence-electron chi connectivity index (χ1n) is 10.1. The summed E-state index contributed by atoms with van der Waals surface area (Å²) in [6.45, 7) is 1.70. The van der Waals surface area contributed by atoms with E-state index in [4.69, 9.17) is 0 Å². The van der Waals surface area contributed by atoms with Crippen molar-refractivity contribution >= 4 is 17.7 Å². The highest BCUT2D eigenvalue weighted by Gasteiger charge is 2.29. The van der Waals surface area contributed by atoms with Crippen molar-refractivity contribution in [3.05, 3.63) is 77.6 Å². The largest absolute Gasteiger partial charge is 0.341 e. The molecule has 1 amide bonds. The molecular weight excluding hydrogens is 380 g/mol. The highest BCUT2D eigenvalue weighted by molar-refractivity contribution is 8.00. The predicted octanol–water partition coefficient (Wildman–Crippen LogP) is 4.25. The highest BCUT2D eigenvalue weighted by Crippen LogP contribution is 2.36. The maximum absolute atomic E-state index is 13.4. The van der Waals surface area contributed by atoms with Gasteiger partial charge in [-0.1, -0.05) is 72.4 Å². The van der Waals surface area contributed by atoms with Gasteiger partial charge in [-0.05, 0) is 30.4 Å². The van der Waals surface area contributed by atoms with Gasteiger partial charge in [0, 0.05) is 26.6 Å². The van der Waals surface area contributed by atoms with Crippen LogP contribution in [-0.2, 0) is 18.3 Å². The average molecular weight is 407 g/mol. The van der Waals surface area contributed by atoms with Crippen molar-refractivity contribution in [1.29, 1.82) is 0 Å². The van der Waals surface area contributed by atoms with E-state index in [0.29, 0.717) is 0 Å². The smallest absolute Gasteiger partial charge is 0.240 e. The molecule has 0 radical (unpaired) electrons. The SMILES string of the molecule is Cn1c(Cc2ccccc2)nnc1SC(C(=O)N1CCCCC1)c1ccccc1. The Kier molecular flexibility index (Phi) is 6.30. The molecule has 6 heteroatoms. The van der Waals surface area contributed by atoms with Crippen molar-refractivity contribution in [2.24, 2.45) is 7.05 Å². The lowest BCUT2D eigenvalue weighted by atomic mass is 10.1. The summed E-state index contributed by atoms with van der Waals surface area (Å²) < 4.78 is 2.01. The Morgan fingerprint density at radius 1 is 0.966 bits per heavy atom. The number of benzene rings is 2. The monoisotopic (exact) mass is 406 g/mol. The number of carbonyl (C=O) groups is 1.